The molecular weight excluding hydrogens is 126 g/mol. The summed E-state index contributed by atoms with van der Waals surface area (Å²) in [6, 6.07) is 0. The van der Waals surface area contributed by atoms with Crippen molar-refractivity contribution < 1.29 is 4.79 Å². The molecular formula is C5H10ClNO. The predicted molar refractivity (Wildman–Crippen MR) is 34.1 cm³/mol. The topological polar surface area (TPSA) is 29.1 Å². The summed E-state index contributed by atoms with van der Waals surface area (Å²) in [7, 11) is 0. The Labute approximate surface area is 54.2 Å². The molecule has 0 aromatic rings. The van der Waals surface area contributed by atoms with Crippen LogP contribution in [0.25, 0.3) is 0 Å². The van der Waals surface area contributed by atoms with Crippen molar-refractivity contribution in [3.8, 4) is 0 Å². The minimum absolute atomic E-state index is 0.470. The van der Waals surface area contributed by atoms with Gasteiger partial charge in [-0.15, -0.1) is 0 Å². The monoisotopic (exact) mass is 135 g/mol. The van der Waals surface area contributed by atoms with Crippen molar-refractivity contribution in [2.75, 3.05) is 6.54 Å². The van der Waals surface area contributed by atoms with E-state index in [0.717, 1.165) is 0 Å². The third kappa shape index (κ3) is 5.76. The minimum atomic E-state index is -0.473. The summed E-state index contributed by atoms with van der Waals surface area (Å²) in [6.45, 7) is 4.67. The molecule has 2 nitrogen and oxygen atoms in total. The lowest BCUT2D eigenvalue weighted by Gasteiger charge is -2.01. The van der Waals surface area contributed by atoms with Crippen molar-refractivity contribution in [2.24, 2.45) is 5.92 Å². The summed E-state index contributed by atoms with van der Waals surface area (Å²) in [5.41, 5.74) is 0. The normalized spacial score (nSPS) is 9.50. The number of carbonyl (C=O) groups is 1. The highest BCUT2D eigenvalue weighted by atomic mass is 35.5. The number of carbonyl (C=O) groups excluding carboxylic acids is 1. The third-order valence-corrected chi connectivity index (χ3v) is 0.783. The van der Waals surface area contributed by atoms with Gasteiger partial charge in [0.2, 0.25) is 0 Å². The molecule has 1 amide bonds. The van der Waals surface area contributed by atoms with E-state index in [1.807, 2.05) is 13.8 Å². The van der Waals surface area contributed by atoms with Crippen molar-refractivity contribution in [3.05, 3.63) is 0 Å². The Morgan fingerprint density at radius 3 is 2.38 bits per heavy atom. The van der Waals surface area contributed by atoms with E-state index < -0.39 is 5.37 Å². The number of hydrogen-bond acceptors (Lipinski definition) is 1. The molecule has 0 aromatic carbocycles. The first-order chi connectivity index (χ1) is 3.63. The summed E-state index contributed by atoms with van der Waals surface area (Å²) in [5, 5.41) is 2.00. The van der Waals surface area contributed by atoms with Gasteiger partial charge < -0.3 is 5.32 Å². The highest BCUT2D eigenvalue weighted by Crippen LogP contribution is 1.87. The second kappa shape index (κ2) is 3.72. The van der Waals surface area contributed by atoms with E-state index in [9.17, 15) is 4.79 Å². The van der Waals surface area contributed by atoms with Crippen LogP contribution in [0, 0.1) is 5.92 Å². The molecule has 3 heteroatoms. The molecule has 8 heavy (non-hydrogen) atoms. The summed E-state index contributed by atoms with van der Waals surface area (Å²) in [5.74, 6) is 0.470. The fraction of sp³-hybridized carbons (Fsp3) is 0.800. The third-order valence-electron chi connectivity index (χ3n) is 0.649. The molecule has 0 aromatic heterocycles. The lowest BCUT2D eigenvalue weighted by molar-refractivity contribution is 0.258. The van der Waals surface area contributed by atoms with Gasteiger partial charge in [-0.2, -0.15) is 0 Å². The minimum Gasteiger partial charge on any atom is -0.342 e. The molecule has 0 spiro atoms. The van der Waals surface area contributed by atoms with E-state index in [-0.39, 0.29) is 0 Å². The van der Waals surface area contributed by atoms with E-state index in [1.54, 1.807) is 0 Å². The maximum Gasteiger partial charge on any atom is 0.313 e. The van der Waals surface area contributed by atoms with Crippen LogP contribution in [0.4, 0.5) is 4.79 Å². The summed E-state index contributed by atoms with van der Waals surface area (Å²) < 4.78 is 0. The average molecular weight is 136 g/mol. The van der Waals surface area contributed by atoms with Crippen LogP contribution >= 0.6 is 11.6 Å². The fourth-order valence-electron chi connectivity index (χ4n) is 0.284. The predicted octanol–water partition coefficient (Wildman–Crippen LogP) is 1.59. The SMILES string of the molecule is CC(C)CNC(=O)Cl. The summed E-state index contributed by atoms with van der Waals surface area (Å²) in [4.78, 5) is 10.0. The van der Waals surface area contributed by atoms with Gasteiger partial charge in [0.25, 0.3) is 0 Å². The second-order valence-corrected chi connectivity index (χ2v) is 2.39. The van der Waals surface area contributed by atoms with E-state index in [0.29, 0.717) is 12.5 Å². The Bertz CT molecular complexity index is 82.5. The molecule has 0 heterocycles. The van der Waals surface area contributed by atoms with Crippen LogP contribution in [0.1, 0.15) is 13.8 Å². The molecule has 48 valence electrons. The number of rotatable bonds is 2. The molecule has 0 aliphatic rings. The summed E-state index contributed by atoms with van der Waals surface area (Å²) in [6.07, 6.45) is 0. The largest absolute Gasteiger partial charge is 0.342 e. The van der Waals surface area contributed by atoms with Crippen molar-refractivity contribution in [2.45, 2.75) is 13.8 Å². The van der Waals surface area contributed by atoms with Crippen LogP contribution in [-0.4, -0.2) is 11.9 Å². The zero-order chi connectivity index (χ0) is 6.57. The first-order valence-electron chi connectivity index (χ1n) is 2.56. The smallest absolute Gasteiger partial charge is 0.313 e. The van der Waals surface area contributed by atoms with Crippen molar-refractivity contribution in [3.63, 3.8) is 0 Å². The Balaban J connectivity index is 3.05. The molecule has 0 fully saturated rings. The first kappa shape index (κ1) is 7.76. The summed E-state index contributed by atoms with van der Waals surface area (Å²) >= 11 is 4.97. The van der Waals surface area contributed by atoms with E-state index in [2.05, 4.69) is 5.32 Å². The molecule has 0 radical (unpaired) electrons. The van der Waals surface area contributed by atoms with E-state index in [1.165, 1.54) is 0 Å². The van der Waals surface area contributed by atoms with Crippen molar-refractivity contribution >= 4 is 17.0 Å². The highest BCUT2D eigenvalue weighted by Gasteiger charge is 1.94. The molecule has 0 bridgehead atoms. The van der Waals surface area contributed by atoms with Crippen LogP contribution in [0.3, 0.4) is 0 Å². The highest BCUT2D eigenvalue weighted by molar-refractivity contribution is 6.62. The maximum atomic E-state index is 10.0. The molecule has 0 aliphatic carbocycles. The van der Waals surface area contributed by atoms with Crippen LogP contribution in [0.2, 0.25) is 0 Å². The maximum absolute atomic E-state index is 10.0. The number of nitrogens with one attached hydrogen (secondary N) is 1. The van der Waals surface area contributed by atoms with Gasteiger partial charge >= 0.3 is 5.37 Å². The Morgan fingerprint density at radius 2 is 2.25 bits per heavy atom. The van der Waals surface area contributed by atoms with Crippen molar-refractivity contribution in [1.82, 2.24) is 5.32 Å². The van der Waals surface area contributed by atoms with Gasteiger partial charge in [0, 0.05) is 6.54 Å². The molecule has 1 N–H and O–H groups in total. The van der Waals surface area contributed by atoms with Crippen molar-refractivity contribution in [1.29, 1.82) is 0 Å². The Kier molecular flexibility index (Phi) is 3.61. The average Bonchev–Trinajstić information content (AvgIpc) is 1.61. The number of hydrogen-bond donors (Lipinski definition) is 1. The van der Waals surface area contributed by atoms with Crippen LogP contribution < -0.4 is 5.32 Å². The van der Waals surface area contributed by atoms with Gasteiger partial charge in [0.15, 0.2) is 0 Å². The quantitative estimate of drug-likeness (QED) is 0.452. The second-order valence-electron chi connectivity index (χ2n) is 2.05. The standard InChI is InChI=1S/C5H10ClNO/c1-4(2)3-7-5(6)8/h4H,3H2,1-2H3,(H,7,8). The Hall–Kier alpha value is -0.240. The van der Waals surface area contributed by atoms with Gasteiger partial charge in [-0.05, 0) is 17.5 Å². The molecule has 0 atom stereocenters. The van der Waals surface area contributed by atoms with Gasteiger partial charge in [-0.1, -0.05) is 13.8 Å². The molecule has 0 rings (SSSR count). The van der Waals surface area contributed by atoms with Gasteiger partial charge in [0.05, 0.1) is 0 Å². The Morgan fingerprint density at radius 1 is 1.75 bits per heavy atom. The zero-order valence-electron chi connectivity index (χ0n) is 5.07. The molecule has 0 saturated heterocycles. The number of amides is 1. The van der Waals surface area contributed by atoms with E-state index in [4.69, 9.17) is 11.6 Å². The lowest BCUT2D eigenvalue weighted by atomic mass is 10.2. The van der Waals surface area contributed by atoms with Crippen LogP contribution in [-0.2, 0) is 0 Å². The first-order valence-corrected chi connectivity index (χ1v) is 2.94. The van der Waals surface area contributed by atoms with Gasteiger partial charge in [-0.3, -0.25) is 4.79 Å². The fourth-order valence-corrected chi connectivity index (χ4v) is 0.362. The van der Waals surface area contributed by atoms with Crippen LogP contribution in [0.15, 0.2) is 0 Å². The lowest BCUT2D eigenvalue weighted by Crippen LogP contribution is -2.21. The zero-order valence-corrected chi connectivity index (χ0v) is 5.83. The van der Waals surface area contributed by atoms with Crippen LogP contribution in [0.5, 0.6) is 0 Å². The van der Waals surface area contributed by atoms with E-state index >= 15 is 0 Å². The van der Waals surface area contributed by atoms with Gasteiger partial charge in [-0.25, -0.2) is 0 Å². The molecule has 0 unspecified atom stereocenters. The number of halogens is 1. The molecule has 0 saturated carbocycles. The molecule has 0 aliphatic heterocycles. The van der Waals surface area contributed by atoms with Gasteiger partial charge in [0.1, 0.15) is 0 Å².